The fraction of sp³-hybridized carbons (Fsp3) is 0. The molecular weight excluding hydrogens is 475 g/mol. The minimum atomic E-state index is 0. The average molecular weight is 475 g/mol. The van der Waals surface area contributed by atoms with Gasteiger partial charge >= 0.3 is 82.2 Å². The minimum absolute atomic E-state index is 0. The first kappa shape index (κ1) is 144. The Kier molecular flexibility index (Phi) is 1540. The van der Waals surface area contributed by atoms with Crippen molar-refractivity contribution < 1.29 is 141 Å². The molecule has 0 aliphatic rings. The SMILES string of the molecule is [Al+3].[Ce+3].[Cl-].[Cl-].[Cl-].[Cl-].[Cl-].[Cl-].[Cl-].[Cl-].[Mg+2]. The maximum atomic E-state index is 0. The van der Waals surface area contributed by atoms with Crippen molar-refractivity contribution in [3.05, 3.63) is 0 Å². The molecule has 0 amide bonds. The summed E-state index contributed by atoms with van der Waals surface area (Å²) in [7, 11) is 0. The van der Waals surface area contributed by atoms with Gasteiger partial charge in [0, 0.05) is 0 Å². The first-order chi connectivity index (χ1) is 0. The van der Waals surface area contributed by atoms with Crippen LogP contribution in [0.1, 0.15) is 0 Å². The summed E-state index contributed by atoms with van der Waals surface area (Å²) in [5, 5.41) is 0. The van der Waals surface area contributed by atoms with Crippen LogP contribution < -0.4 is 99.3 Å². The van der Waals surface area contributed by atoms with Crippen LogP contribution in [-0.4, -0.2) is 40.4 Å². The smallest absolute Gasteiger partial charge is 1.00 e. The number of hydrogen-bond donors (Lipinski definition) is 0. The standard InChI is InChI=1S/Al.Ce.8ClH.Mg/h;;8*1H;/q2*+3;;;;;;;;;+2/p-8. The molecule has 0 aromatic carbocycles. The van der Waals surface area contributed by atoms with E-state index in [4.69, 9.17) is 0 Å². The van der Waals surface area contributed by atoms with Crippen molar-refractivity contribution in [2.45, 2.75) is 0 Å². The Morgan fingerprint density at radius 2 is 0.364 bits per heavy atom. The second-order valence-electron chi connectivity index (χ2n) is 0. The zero-order chi connectivity index (χ0) is 0. The Balaban J connectivity index is 0. The van der Waals surface area contributed by atoms with E-state index in [1.165, 1.54) is 0 Å². The molecule has 11 heavy (non-hydrogen) atoms. The molecule has 0 bridgehead atoms. The van der Waals surface area contributed by atoms with Gasteiger partial charge in [-0.15, -0.1) is 0 Å². The summed E-state index contributed by atoms with van der Waals surface area (Å²) in [6.45, 7) is 0. The Bertz CT molecular complexity index is 14.1. The van der Waals surface area contributed by atoms with E-state index in [2.05, 4.69) is 0 Å². The summed E-state index contributed by atoms with van der Waals surface area (Å²) in [6.07, 6.45) is 0. The van der Waals surface area contributed by atoms with Gasteiger partial charge in [-0.2, -0.15) is 0 Å². The van der Waals surface area contributed by atoms with Crippen molar-refractivity contribution in [2.75, 3.05) is 0 Å². The van der Waals surface area contributed by atoms with Crippen molar-refractivity contribution >= 4 is 40.4 Å². The van der Waals surface area contributed by atoms with Crippen molar-refractivity contribution in [3.63, 3.8) is 0 Å². The summed E-state index contributed by atoms with van der Waals surface area (Å²) in [4.78, 5) is 0. The van der Waals surface area contributed by atoms with Crippen LogP contribution in [0.4, 0.5) is 0 Å². The number of hydrogen-bond acceptors (Lipinski definition) is 0. The predicted molar refractivity (Wildman–Crippen MR) is 11.5 cm³/mol. The largest absolute Gasteiger partial charge is 3.00 e. The molecule has 0 spiro atoms. The second kappa shape index (κ2) is 118. The Morgan fingerprint density at radius 1 is 0.364 bits per heavy atom. The van der Waals surface area contributed by atoms with E-state index in [0.717, 1.165) is 0 Å². The molecule has 0 heterocycles. The van der Waals surface area contributed by atoms with Gasteiger partial charge in [0.1, 0.15) is 0 Å². The Hall–Kier alpha value is 5.00. The molecule has 0 fully saturated rings. The summed E-state index contributed by atoms with van der Waals surface area (Å²) < 4.78 is 0. The van der Waals surface area contributed by atoms with Crippen LogP contribution in [0.2, 0.25) is 0 Å². The molecule has 0 saturated heterocycles. The van der Waals surface area contributed by atoms with Crippen LogP contribution in [0.3, 0.4) is 0 Å². The Labute approximate surface area is 178 Å². The molecule has 0 saturated carbocycles. The van der Waals surface area contributed by atoms with Crippen LogP contribution in [0.5, 0.6) is 0 Å². The summed E-state index contributed by atoms with van der Waals surface area (Å²) in [5.74, 6) is 0. The first-order valence-electron chi connectivity index (χ1n) is 0. The quantitative estimate of drug-likeness (QED) is 0.306. The summed E-state index contributed by atoms with van der Waals surface area (Å²) in [6, 6.07) is 0. The molecule has 0 aliphatic carbocycles. The van der Waals surface area contributed by atoms with Gasteiger partial charge in [-0.1, -0.05) is 0 Å². The fourth-order valence-electron chi connectivity index (χ4n) is 0. The predicted octanol–water partition coefficient (Wildman–Crippen LogP) is -24.7. The van der Waals surface area contributed by atoms with E-state index in [0.29, 0.717) is 0 Å². The van der Waals surface area contributed by atoms with Crippen molar-refractivity contribution in [1.29, 1.82) is 0 Å². The second-order valence-corrected chi connectivity index (χ2v) is 0. The maximum Gasteiger partial charge on any atom is 3.00 e. The molecule has 0 nitrogen and oxygen atoms in total. The molecule has 0 rings (SSSR count). The van der Waals surface area contributed by atoms with Crippen LogP contribution in [0.15, 0.2) is 0 Å². The van der Waals surface area contributed by atoms with Crippen LogP contribution >= 0.6 is 0 Å². The molecule has 1 radical (unpaired) electrons. The van der Waals surface area contributed by atoms with Crippen LogP contribution in [-0.2, 0) is 0 Å². The molecule has 0 unspecified atom stereocenters. The van der Waals surface area contributed by atoms with E-state index in [1.54, 1.807) is 0 Å². The molecular formula is AlCeCl8Mg. The van der Waals surface area contributed by atoms with Gasteiger partial charge in [0.15, 0.2) is 0 Å². The normalized spacial score (nSPS) is 0. The van der Waals surface area contributed by atoms with Gasteiger partial charge in [0.2, 0.25) is 0 Å². The van der Waals surface area contributed by atoms with E-state index in [1.807, 2.05) is 0 Å². The van der Waals surface area contributed by atoms with Gasteiger partial charge in [-0.3, -0.25) is 0 Å². The van der Waals surface area contributed by atoms with Gasteiger partial charge in [0.25, 0.3) is 0 Å². The third-order valence-corrected chi connectivity index (χ3v) is 0. The molecule has 65 valence electrons. The van der Waals surface area contributed by atoms with E-state index in [9.17, 15) is 0 Å². The third-order valence-electron chi connectivity index (χ3n) is 0. The van der Waals surface area contributed by atoms with E-state index < -0.39 is 0 Å². The van der Waals surface area contributed by atoms with Crippen molar-refractivity contribution in [2.24, 2.45) is 0 Å². The monoisotopic (exact) mass is 471 g/mol. The molecule has 0 aromatic heterocycles. The van der Waals surface area contributed by atoms with Crippen LogP contribution in [0, 0.1) is 41.7 Å². The average Bonchev–Trinajstić information content (AvgIpc) is 0. The van der Waals surface area contributed by atoms with Crippen molar-refractivity contribution in [3.8, 4) is 0 Å². The molecule has 0 N–H and O–H groups in total. The zero-order valence-electron chi connectivity index (χ0n) is 4.81. The fourth-order valence-corrected chi connectivity index (χ4v) is 0. The minimum Gasteiger partial charge on any atom is -1.00 e. The number of rotatable bonds is 0. The van der Waals surface area contributed by atoms with Gasteiger partial charge < -0.3 is 99.3 Å². The maximum absolute atomic E-state index is 0. The first-order valence-corrected chi connectivity index (χ1v) is 0. The van der Waals surface area contributed by atoms with E-state index in [-0.39, 0.29) is 181 Å². The van der Waals surface area contributed by atoms with Crippen molar-refractivity contribution in [1.82, 2.24) is 0 Å². The van der Waals surface area contributed by atoms with Gasteiger partial charge in [0.05, 0.1) is 0 Å². The van der Waals surface area contributed by atoms with Gasteiger partial charge in [-0.25, -0.2) is 0 Å². The molecule has 11 heteroatoms. The zero-order valence-corrected chi connectivity index (χ0v) is 16.6. The third kappa shape index (κ3) is 101. The number of halogens is 8. The Morgan fingerprint density at radius 3 is 0.364 bits per heavy atom. The molecule has 0 aromatic rings. The summed E-state index contributed by atoms with van der Waals surface area (Å²) in [5.41, 5.74) is 0. The summed E-state index contributed by atoms with van der Waals surface area (Å²) >= 11 is 0. The topological polar surface area (TPSA) is 0 Å². The molecule has 0 aliphatic heterocycles. The molecule has 0 atom stereocenters. The van der Waals surface area contributed by atoms with E-state index >= 15 is 0 Å². The van der Waals surface area contributed by atoms with Crippen LogP contribution in [0.25, 0.3) is 0 Å². The van der Waals surface area contributed by atoms with Gasteiger partial charge in [-0.05, 0) is 0 Å².